The minimum Gasteiger partial charge on any atom is -0.360 e. The van der Waals surface area contributed by atoms with Gasteiger partial charge in [0.05, 0.1) is 5.56 Å². The zero-order valence-electron chi connectivity index (χ0n) is 12.3. The Morgan fingerprint density at radius 3 is 2.68 bits per heavy atom. The second-order valence-electron chi connectivity index (χ2n) is 4.67. The van der Waals surface area contributed by atoms with Crippen LogP contribution in [0.3, 0.4) is 0 Å². The minimum absolute atomic E-state index is 0.0607. The molecule has 0 aliphatic rings. The molecule has 1 heterocycles. The smallest absolute Gasteiger partial charge is 0.257 e. The first-order valence-corrected chi connectivity index (χ1v) is 6.78. The van der Waals surface area contributed by atoms with Crippen molar-refractivity contribution in [2.75, 3.05) is 18.4 Å². The Bertz CT molecular complexity index is 684. The Labute approximate surface area is 126 Å². The molecule has 0 atom stereocenters. The topological polar surface area (TPSA) is 75.4 Å². The predicted molar refractivity (Wildman–Crippen MR) is 77.8 cm³/mol. The van der Waals surface area contributed by atoms with Crippen molar-refractivity contribution >= 4 is 17.6 Å². The minimum atomic E-state index is -0.613. The summed E-state index contributed by atoms with van der Waals surface area (Å²) in [6.45, 7) is 3.49. The van der Waals surface area contributed by atoms with E-state index in [1.54, 1.807) is 26.0 Å². The first-order chi connectivity index (χ1) is 10.5. The molecule has 0 aliphatic carbocycles. The van der Waals surface area contributed by atoms with Gasteiger partial charge in [-0.05, 0) is 26.0 Å². The summed E-state index contributed by atoms with van der Waals surface area (Å²) in [4.78, 5) is 25.4. The molecule has 0 radical (unpaired) electrons. The van der Waals surface area contributed by atoms with E-state index in [9.17, 15) is 14.0 Å². The molecule has 0 saturated carbocycles. The molecule has 1 aromatic carbocycles. The Morgan fingerprint density at radius 2 is 2.09 bits per heavy atom. The normalized spacial score (nSPS) is 10.3. The fourth-order valence-electron chi connectivity index (χ4n) is 1.91. The number of benzene rings is 1. The lowest BCUT2D eigenvalue weighted by Gasteiger charge is -2.20. The summed E-state index contributed by atoms with van der Waals surface area (Å²) in [7, 11) is 0. The van der Waals surface area contributed by atoms with Gasteiger partial charge in [-0.25, -0.2) is 4.39 Å². The molecule has 2 aromatic rings. The van der Waals surface area contributed by atoms with Crippen LogP contribution in [0.15, 0.2) is 34.9 Å². The maximum atomic E-state index is 13.7. The third kappa shape index (κ3) is 3.69. The van der Waals surface area contributed by atoms with E-state index < -0.39 is 17.6 Å². The van der Waals surface area contributed by atoms with E-state index in [-0.39, 0.29) is 24.5 Å². The summed E-state index contributed by atoms with van der Waals surface area (Å²) in [5.74, 6) is -0.743. The molecule has 2 amide bonds. The van der Waals surface area contributed by atoms with Gasteiger partial charge in [-0.1, -0.05) is 17.3 Å². The van der Waals surface area contributed by atoms with Crippen molar-refractivity contribution < 1.29 is 18.5 Å². The highest BCUT2D eigenvalue weighted by molar-refractivity contribution is 5.99. The zero-order valence-corrected chi connectivity index (χ0v) is 12.3. The summed E-state index contributed by atoms with van der Waals surface area (Å²) in [6.07, 6.45) is 0. The van der Waals surface area contributed by atoms with E-state index in [0.717, 1.165) is 0 Å². The average Bonchev–Trinajstić information content (AvgIpc) is 2.89. The maximum Gasteiger partial charge on any atom is 0.257 e. The standard InChI is InChI=1S/C15H16FN3O3/c1-3-19(15(21)11-6-4-5-7-12(11)16)9-14(20)17-13-8-10(2)22-18-13/h4-8H,3,9H2,1-2H3,(H,17,18,20). The van der Waals surface area contributed by atoms with Gasteiger partial charge in [0, 0.05) is 12.6 Å². The van der Waals surface area contributed by atoms with Crippen LogP contribution in [0.1, 0.15) is 23.0 Å². The average molecular weight is 305 g/mol. The van der Waals surface area contributed by atoms with Gasteiger partial charge >= 0.3 is 0 Å². The molecule has 22 heavy (non-hydrogen) atoms. The maximum absolute atomic E-state index is 13.7. The number of nitrogens with one attached hydrogen (secondary N) is 1. The van der Waals surface area contributed by atoms with Gasteiger partial charge in [-0.3, -0.25) is 9.59 Å². The fourth-order valence-corrected chi connectivity index (χ4v) is 1.91. The van der Waals surface area contributed by atoms with Gasteiger partial charge in [0.1, 0.15) is 18.1 Å². The molecule has 1 N–H and O–H groups in total. The van der Waals surface area contributed by atoms with Gasteiger partial charge in [-0.2, -0.15) is 0 Å². The first-order valence-electron chi connectivity index (χ1n) is 6.78. The van der Waals surface area contributed by atoms with E-state index in [1.165, 1.54) is 23.1 Å². The van der Waals surface area contributed by atoms with E-state index in [2.05, 4.69) is 10.5 Å². The van der Waals surface area contributed by atoms with Crippen LogP contribution >= 0.6 is 0 Å². The molecule has 0 saturated heterocycles. The van der Waals surface area contributed by atoms with E-state index in [0.29, 0.717) is 5.76 Å². The molecule has 116 valence electrons. The molecule has 1 aromatic heterocycles. The van der Waals surface area contributed by atoms with Crippen molar-refractivity contribution in [3.63, 3.8) is 0 Å². The molecule has 7 heteroatoms. The number of anilines is 1. The SMILES string of the molecule is CCN(CC(=O)Nc1cc(C)on1)C(=O)c1ccccc1F. The second-order valence-corrected chi connectivity index (χ2v) is 4.67. The third-order valence-electron chi connectivity index (χ3n) is 3.00. The van der Waals surface area contributed by atoms with Crippen molar-refractivity contribution in [1.82, 2.24) is 10.1 Å². The molecule has 6 nitrogen and oxygen atoms in total. The number of nitrogens with zero attached hydrogens (tertiary/aromatic N) is 2. The number of aromatic nitrogens is 1. The number of carbonyl (C=O) groups excluding carboxylic acids is 2. The lowest BCUT2D eigenvalue weighted by Crippen LogP contribution is -2.38. The Kier molecular flexibility index (Phi) is 4.88. The first kappa shape index (κ1) is 15.7. The second kappa shape index (κ2) is 6.84. The number of rotatable bonds is 5. The summed E-state index contributed by atoms with van der Waals surface area (Å²) >= 11 is 0. The molecule has 0 aliphatic heterocycles. The number of likely N-dealkylation sites (N-methyl/N-ethyl adjacent to an activating group) is 1. The van der Waals surface area contributed by atoms with Gasteiger partial charge in [-0.15, -0.1) is 0 Å². The Balaban J connectivity index is 2.04. The fraction of sp³-hybridized carbons (Fsp3) is 0.267. The summed E-state index contributed by atoms with van der Waals surface area (Å²) < 4.78 is 18.5. The number of halogens is 1. The molecular weight excluding hydrogens is 289 g/mol. The number of amides is 2. The van der Waals surface area contributed by atoms with Crippen LogP contribution in [0.5, 0.6) is 0 Å². The predicted octanol–water partition coefficient (Wildman–Crippen LogP) is 2.22. The molecular formula is C15H16FN3O3. The van der Waals surface area contributed by atoms with Gasteiger partial charge in [0.15, 0.2) is 5.82 Å². The van der Waals surface area contributed by atoms with E-state index in [4.69, 9.17) is 4.52 Å². The monoisotopic (exact) mass is 305 g/mol. The number of aryl methyl sites for hydroxylation is 1. The summed E-state index contributed by atoms with van der Waals surface area (Å²) in [6, 6.07) is 7.23. The van der Waals surface area contributed by atoms with E-state index >= 15 is 0 Å². The van der Waals surface area contributed by atoms with Crippen molar-refractivity contribution in [2.24, 2.45) is 0 Å². The van der Waals surface area contributed by atoms with Gasteiger partial charge in [0.2, 0.25) is 5.91 Å². The van der Waals surface area contributed by atoms with Gasteiger partial charge in [0.25, 0.3) is 5.91 Å². The van der Waals surface area contributed by atoms with Crippen molar-refractivity contribution in [3.8, 4) is 0 Å². The van der Waals surface area contributed by atoms with Crippen LogP contribution in [0.2, 0.25) is 0 Å². The Hall–Kier alpha value is -2.70. The molecule has 2 rings (SSSR count). The largest absolute Gasteiger partial charge is 0.360 e. The van der Waals surface area contributed by atoms with E-state index in [1.807, 2.05) is 0 Å². The zero-order chi connectivity index (χ0) is 16.1. The van der Waals surface area contributed by atoms with Gasteiger partial charge < -0.3 is 14.7 Å². The highest BCUT2D eigenvalue weighted by atomic mass is 19.1. The van der Waals surface area contributed by atoms with Crippen LogP contribution < -0.4 is 5.32 Å². The third-order valence-corrected chi connectivity index (χ3v) is 3.00. The van der Waals surface area contributed by atoms with Crippen LogP contribution in [0.4, 0.5) is 10.2 Å². The summed E-state index contributed by atoms with van der Waals surface area (Å²) in [5, 5.41) is 6.15. The summed E-state index contributed by atoms with van der Waals surface area (Å²) in [5.41, 5.74) is -0.0607. The molecule has 0 bridgehead atoms. The Morgan fingerprint density at radius 1 is 1.36 bits per heavy atom. The van der Waals surface area contributed by atoms with Crippen LogP contribution in [-0.2, 0) is 4.79 Å². The van der Waals surface area contributed by atoms with Crippen molar-refractivity contribution in [1.29, 1.82) is 0 Å². The number of carbonyl (C=O) groups is 2. The molecule has 0 unspecified atom stereocenters. The van der Waals surface area contributed by atoms with Crippen LogP contribution in [0, 0.1) is 12.7 Å². The van der Waals surface area contributed by atoms with Crippen molar-refractivity contribution in [3.05, 3.63) is 47.5 Å². The van der Waals surface area contributed by atoms with Crippen LogP contribution in [0.25, 0.3) is 0 Å². The lowest BCUT2D eigenvalue weighted by atomic mass is 10.2. The van der Waals surface area contributed by atoms with Crippen molar-refractivity contribution in [2.45, 2.75) is 13.8 Å². The number of hydrogen-bond acceptors (Lipinski definition) is 4. The highest BCUT2D eigenvalue weighted by Crippen LogP contribution is 2.11. The highest BCUT2D eigenvalue weighted by Gasteiger charge is 2.20. The lowest BCUT2D eigenvalue weighted by molar-refractivity contribution is -0.116. The molecule has 0 spiro atoms. The number of hydrogen-bond donors (Lipinski definition) is 1. The molecule has 0 fully saturated rings. The quantitative estimate of drug-likeness (QED) is 0.919. The van der Waals surface area contributed by atoms with Crippen LogP contribution in [-0.4, -0.2) is 35.0 Å².